The highest BCUT2D eigenvalue weighted by molar-refractivity contribution is 6.30. The van der Waals surface area contributed by atoms with Crippen LogP contribution in [0, 0.1) is 0 Å². The van der Waals surface area contributed by atoms with Crippen molar-refractivity contribution in [2.24, 2.45) is 4.99 Å². The normalized spacial score (nSPS) is 11.7. The standard InChI is InChI=1S/C16H17ClN6/c1-18-16(19-10-12-5-7-13(17)8-6-12)20-11-15-22-21-14-4-2-3-9-23(14)15/h2-9H,10-11H2,1H3,(H2,18,19,20). The Labute approximate surface area is 139 Å². The first-order chi connectivity index (χ1) is 11.3. The van der Waals surface area contributed by atoms with Gasteiger partial charge in [0.1, 0.15) is 0 Å². The predicted octanol–water partition coefficient (Wildman–Crippen LogP) is 2.25. The molecule has 0 bridgehead atoms. The van der Waals surface area contributed by atoms with Crippen LogP contribution in [0.2, 0.25) is 5.02 Å². The lowest BCUT2D eigenvalue weighted by Crippen LogP contribution is -2.36. The molecule has 7 heteroatoms. The summed E-state index contributed by atoms with van der Waals surface area (Å²) in [5, 5.41) is 15.5. The smallest absolute Gasteiger partial charge is 0.191 e. The molecule has 118 valence electrons. The number of nitrogens with zero attached hydrogens (tertiary/aromatic N) is 4. The number of nitrogens with one attached hydrogen (secondary N) is 2. The number of guanidine groups is 1. The fraction of sp³-hybridized carbons (Fsp3) is 0.188. The molecule has 0 aliphatic carbocycles. The highest BCUT2D eigenvalue weighted by Gasteiger charge is 2.05. The first kappa shape index (κ1) is 15.3. The number of rotatable bonds is 4. The van der Waals surface area contributed by atoms with Gasteiger partial charge in [-0.2, -0.15) is 0 Å². The molecule has 3 aromatic rings. The molecule has 23 heavy (non-hydrogen) atoms. The van der Waals surface area contributed by atoms with Crippen LogP contribution in [0.1, 0.15) is 11.4 Å². The van der Waals surface area contributed by atoms with Crippen LogP contribution in [0.25, 0.3) is 5.65 Å². The second kappa shape index (κ2) is 7.11. The zero-order valence-electron chi connectivity index (χ0n) is 12.7. The maximum atomic E-state index is 5.88. The second-order valence-corrected chi connectivity index (χ2v) is 5.39. The van der Waals surface area contributed by atoms with Gasteiger partial charge in [0.25, 0.3) is 0 Å². The SMILES string of the molecule is CN=C(NCc1ccc(Cl)cc1)NCc1nnc2ccccn12. The predicted molar refractivity (Wildman–Crippen MR) is 91.5 cm³/mol. The van der Waals surface area contributed by atoms with Crippen molar-refractivity contribution in [1.29, 1.82) is 0 Å². The quantitative estimate of drug-likeness (QED) is 0.569. The van der Waals surface area contributed by atoms with Gasteiger partial charge in [0.15, 0.2) is 17.4 Å². The van der Waals surface area contributed by atoms with Gasteiger partial charge < -0.3 is 10.6 Å². The Bertz CT molecular complexity index is 809. The molecule has 0 saturated heterocycles. The van der Waals surface area contributed by atoms with E-state index in [0.717, 1.165) is 22.1 Å². The summed E-state index contributed by atoms with van der Waals surface area (Å²) in [6.07, 6.45) is 1.94. The average Bonchev–Trinajstić information content (AvgIpc) is 3.00. The zero-order chi connectivity index (χ0) is 16.1. The number of aromatic nitrogens is 3. The van der Waals surface area contributed by atoms with Crippen LogP contribution >= 0.6 is 11.6 Å². The summed E-state index contributed by atoms with van der Waals surface area (Å²) in [6, 6.07) is 13.5. The van der Waals surface area contributed by atoms with Crippen molar-refractivity contribution in [2.45, 2.75) is 13.1 Å². The van der Waals surface area contributed by atoms with E-state index in [9.17, 15) is 0 Å². The van der Waals surface area contributed by atoms with Crippen LogP contribution in [0.15, 0.2) is 53.7 Å². The van der Waals surface area contributed by atoms with Crippen LogP contribution in [0.3, 0.4) is 0 Å². The molecule has 0 saturated carbocycles. The molecule has 0 unspecified atom stereocenters. The molecule has 3 rings (SSSR count). The Balaban J connectivity index is 1.58. The Morgan fingerprint density at radius 1 is 1.09 bits per heavy atom. The summed E-state index contributed by atoms with van der Waals surface area (Å²) < 4.78 is 1.94. The number of hydrogen-bond donors (Lipinski definition) is 2. The lowest BCUT2D eigenvalue weighted by atomic mass is 10.2. The van der Waals surface area contributed by atoms with Gasteiger partial charge in [0.2, 0.25) is 0 Å². The molecular weight excluding hydrogens is 312 g/mol. The van der Waals surface area contributed by atoms with E-state index < -0.39 is 0 Å². The van der Waals surface area contributed by atoms with Gasteiger partial charge in [-0.15, -0.1) is 10.2 Å². The summed E-state index contributed by atoms with van der Waals surface area (Å²) in [5.41, 5.74) is 1.96. The molecule has 0 aliphatic heterocycles. The Morgan fingerprint density at radius 2 is 1.87 bits per heavy atom. The van der Waals surface area contributed by atoms with Gasteiger partial charge in [0.05, 0.1) is 6.54 Å². The van der Waals surface area contributed by atoms with Gasteiger partial charge in [-0.3, -0.25) is 9.39 Å². The minimum absolute atomic E-state index is 0.533. The maximum Gasteiger partial charge on any atom is 0.191 e. The summed E-state index contributed by atoms with van der Waals surface area (Å²) in [5.74, 6) is 1.53. The molecule has 2 N–H and O–H groups in total. The van der Waals surface area contributed by atoms with E-state index in [2.05, 4.69) is 25.8 Å². The third-order valence-corrected chi connectivity index (χ3v) is 3.65. The van der Waals surface area contributed by atoms with Gasteiger partial charge >= 0.3 is 0 Å². The van der Waals surface area contributed by atoms with Gasteiger partial charge in [-0.05, 0) is 29.8 Å². The molecule has 0 fully saturated rings. The average molecular weight is 329 g/mol. The molecule has 0 atom stereocenters. The number of hydrogen-bond acceptors (Lipinski definition) is 3. The second-order valence-electron chi connectivity index (χ2n) is 4.95. The third kappa shape index (κ3) is 3.78. The molecule has 2 heterocycles. The Kier molecular flexibility index (Phi) is 4.73. The summed E-state index contributed by atoms with van der Waals surface area (Å²) >= 11 is 5.88. The zero-order valence-corrected chi connectivity index (χ0v) is 13.5. The van der Waals surface area contributed by atoms with Crippen molar-refractivity contribution in [2.75, 3.05) is 7.05 Å². The number of halogens is 1. The van der Waals surface area contributed by atoms with Crippen molar-refractivity contribution in [3.05, 3.63) is 65.1 Å². The fourth-order valence-electron chi connectivity index (χ4n) is 2.18. The highest BCUT2D eigenvalue weighted by Crippen LogP contribution is 2.09. The van der Waals surface area contributed by atoms with Gasteiger partial charge in [-0.25, -0.2) is 0 Å². The molecule has 1 aromatic carbocycles. The minimum Gasteiger partial charge on any atom is -0.352 e. The molecule has 6 nitrogen and oxygen atoms in total. The van der Waals surface area contributed by atoms with Crippen LogP contribution in [0.5, 0.6) is 0 Å². The first-order valence-electron chi connectivity index (χ1n) is 7.24. The third-order valence-electron chi connectivity index (χ3n) is 3.40. The van der Waals surface area contributed by atoms with Crippen LogP contribution in [-0.4, -0.2) is 27.6 Å². The van der Waals surface area contributed by atoms with E-state index in [1.54, 1.807) is 7.05 Å². The molecule has 0 radical (unpaired) electrons. The molecular formula is C16H17ClN6. The Morgan fingerprint density at radius 3 is 2.65 bits per heavy atom. The van der Waals surface area contributed by atoms with Crippen molar-refractivity contribution >= 4 is 23.2 Å². The van der Waals surface area contributed by atoms with E-state index >= 15 is 0 Å². The highest BCUT2D eigenvalue weighted by atomic mass is 35.5. The number of benzene rings is 1. The van der Waals surface area contributed by atoms with E-state index in [-0.39, 0.29) is 0 Å². The summed E-state index contributed by atoms with van der Waals surface area (Å²) in [7, 11) is 1.74. The number of aliphatic imine (C=N–C) groups is 1. The minimum atomic E-state index is 0.533. The van der Waals surface area contributed by atoms with Crippen molar-refractivity contribution < 1.29 is 0 Å². The summed E-state index contributed by atoms with van der Waals surface area (Å²) in [6.45, 7) is 1.20. The number of pyridine rings is 1. The van der Waals surface area contributed by atoms with Crippen molar-refractivity contribution in [1.82, 2.24) is 25.2 Å². The van der Waals surface area contributed by atoms with E-state index in [1.807, 2.05) is 53.1 Å². The lowest BCUT2D eigenvalue weighted by molar-refractivity contribution is 0.762. The van der Waals surface area contributed by atoms with Gasteiger partial charge in [-0.1, -0.05) is 29.8 Å². The van der Waals surface area contributed by atoms with Crippen LogP contribution in [0.4, 0.5) is 0 Å². The molecule has 2 aromatic heterocycles. The van der Waals surface area contributed by atoms with E-state index in [4.69, 9.17) is 11.6 Å². The monoisotopic (exact) mass is 328 g/mol. The largest absolute Gasteiger partial charge is 0.352 e. The number of fused-ring (bicyclic) bond motifs is 1. The molecule has 0 amide bonds. The van der Waals surface area contributed by atoms with E-state index in [0.29, 0.717) is 19.0 Å². The summed E-state index contributed by atoms with van der Waals surface area (Å²) in [4.78, 5) is 4.21. The Hall–Kier alpha value is -2.60. The first-order valence-corrected chi connectivity index (χ1v) is 7.61. The van der Waals surface area contributed by atoms with Crippen LogP contribution in [-0.2, 0) is 13.1 Å². The molecule has 0 aliphatic rings. The lowest BCUT2D eigenvalue weighted by Gasteiger charge is -2.11. The fourth-order valence-corrected chi connectivity index (χ4v) is 2.31. The van der Waals surface area contributed by atoms with Crippen LogP contribution < -0.4 is 10.6 Å². The maximum absolute atomic E-state index is 5.88. The van der Waals surface area contributed by atoms with Crippen molar-refractivity contribution in [3.8, 4) is 0 Å². The van der Waals surface area contributed by atoms with Gasteiger partial charge in [0, 0.05) is 24.8 Å². The van der Waals surface area contributed by atoms with Crippen molar-refractivity contribution in [3.63, 3.8) is 0 Å². The van der Waals surface area contributed by atoms with E-state index in [1.165, 1.54) is 0 Å². The topological polar surface area (TPSA) is 66.6 Å². The molecule has 0 spiro atoms.